The van der Waals surface area contributed by atoms with Gasteiger partial charge in [-0.05, 0) is 19.5 Å². The number of thioether (sulfide) groups is 1. The van der Waals surface area contributed by atoms with Crippen LogP contribution in [0.25, 0.3) is 0 Å². The summed E-state index contributed by atoms with van der Waals surface area (Å²) in [6.07, 6.45) is 1.78. The molecule has 0 amide bonds. The normalized spacial score (nSPS) is 21.8. The summed E-state index contributed by atoms with van der Waals surface area (Å²) in [4.78, 5) is 0. The Morgan fingerprint density at radius 1 is 1.33 bits per heavy atom. The number of rotatable bonds is 8. The molecular weight excluding hydrogens is 334 g/mol. The Morgan fingerprint density at radius 2 is 2.00 bits per heavy atom. The van der Waals surface area contributed by atoms with E-state index in [4.69, 9.17) is 0 Å². The second-order valence-electron chi connectivity index (χ2n) is 5.01. The summed E-state index contributed by atoms with van der Waals surface area (Å²) in [6, 6.07) is 0. The molecule has 1 aliphatic rings. The van der Waals surface area contributed by atoms with Gasteiger partial charge in [0.1, 0.15) is 5.37 Å². The van der Waals surface area contributed by atoms with E-state index in [0.717, 1.165) is 23.7 Å². The fourth-order valence-electron chi connectivity index (χ4n) is 2.06. The van der Waals surface area contributed by atoms with Crippen LogP contribution in [0.5, 0.6) is 0 Å². The topological polar surface area (TPSA) is 86.8 Å². The lowest BCUT2D eigenvalue weighted by Gasteiger charge is -2.35. The van der Waals surface area contributed by atoms with Gasteiger partial charge in [0.05, 0.1) is 0 Å². The maximum atomic E-state index is 12.6. The Morgan fingerprint density at radius 3 is 2.57 bits per heavy atom. The zero-order valence-corrected chi connectivity index (χ0v) is 15.2. The third-order valence-corrected chi connectivity index (χ3v) is 8.08. The Balaban J connectivity index is 2.78. The average Bonchev–Trinajstić information content (AvgIpc) is 2.42. The largest absolute Gasteiger partial charge is 0.317 e. The lowest BCUT2D eigenvalue weighted by atomic mass is 10.4. The highest BCUT2D eigenvalue weighted by molar-refractivity contribution is 8.01. The van der Waals surface area contributed by atoms with Crippen LogP contribution in [0.1, 0.15) is 13.3 Å². The van der Waals surface area contributed by atoms with Crippen molar-refractivity contribution >= 4 is 31.8 Å². The van der Waals surface area contributed by atoms with Gasteiger partial charge in [0, 0.05) is 37.9 Å². The van der Waals surface area contributed by atoms with Crippen LogP contribution in [0.3, 0.4) is 0 Å². The van der Waals surface area contributed by atoms with E-state index in [0.29, 0.717) is 24.5 Å². The van der Waals surface area contributed by atoms with Crippen molar-refractivity contribution in [2.75, 3.05) is 51.0 Å². The number of hydrogen-bond acceptors (Lipinski definition) is 6. The SMILES string of the molecule is CCNCCCN(C)S(=O)(=O)N1CCSCC1S(C)(=O)=O. The number of nitrogens with one attached hydrogen (secondary N) is 1. The predicted octanol–water partition coefficient (Wildman–Crippen LogP) is -0.418. The molecule has 1 heterocycles. The van der Waals surface area contributed by atoms with E-state index in [9.17, 15) is 16.8 Å². The Labute approximate surface area is 132 Å². The molecule has 0 aromatic rings. The Kier molecular flexibility index (Phi) is 7.41. The quantitative estimate of drug-likeness (QED) is 0.593. The zero-order valence-electron chi connectivity index (χ0n) is 12.8. The van der Waals surface area contributed by atoms with Crippen molar-refractivity contribution in [3.8, 4) is 0 Å². The van der Waals surface area contributed by atoms with Gasteiger partial charge in [-0.15, -0.1) is 0 Å². The molecule has 1 fully saturated rings. The summed E-state index contributed by atoms with van der Waals surface area (Å²) < 4.78 is 51.1. The van der Waals surface area contributed by atoms with Crippen molar-refractivity contribution in [2.24, 2.45) is 0 Å². The van der Waals surface area contributed by atoms with Crippen molar-refractivity contribution in [3.05, 3.63) is 0 Å². The molecule has 21 heavy (non-hydrogen) atoms. The monoisotopic (exact) mass is 359 g/mol. The minimum absolute atomic E-state index is 0.238. The molecule has 0 aromatic carbocycles. The fourth-order valence-corrected chi connectivity index (χ4v) is 7.17. The Hall–Kier alpha value is 0.130. The third-order valence-electron chi connectivity index (χ3n) is 3.30. The lowest BCUT2D eigenvalue weighted by Crippen LogP contribution is -2.54. The van der Waals surface area contributed by atoms with Crippen molar-refractivity contribution < 1.29 is 16.8 Å². The second kappa shape index (κ2) is 8.11. The average molecular weight is 360 g/mol. The van der Waals surface area contributed by atoms with Gasteiger partial charge in [-0.2, -0.15) is 28.8 Å². The van der Waals surface area contributed by atoms with Crippen molar-refractivity contribution in [1.82, 2.24) is 13.9 Å². The first-order valence-corrected chi connectivity index (χ1v) is 11.4. The molecule has 0 spiro atoms. The molecule has 10 heteroatoms. The molecule has 1 atom stereocenters. The standard InChI is InChI=1S/C11H25N3O4S3/c1-4-12-6-5-7-13(2)21(17,18)14-8-9-19-10-11(14)20(3,15)16/h11-12H,4-10H2,1-3H3. The Bertz CT molecular complexity index is 521. The maximum Gasteiger partial charge on any atom is 0.282 e. The van der Waals surface area contributed by atoms with Crippen LogP contribution in [-0.2, 0) is 20.0 Å². The van der Waals surface area contributed by atoms with E-state index in [1.54, 1.807) is 0 Å². The first-order valence-electron chi connectivity index (χ1n) is 6.91. The van der Waals surface area contributed by atoms with E-state index in [1.165, 1.54) is 23.1 Å². The van der Waals surface area contributed by atoms with Gasteiger partial charge in [0.15, 0.2) is 9.84 Å². The molecule has 1 rings (SSSR count). The number of nitrogens with zero attached hydrogens (tertiary/aromatic N) is 2. The van der Waals surface area contributed by atoms with Crippen LogP contribution in [0.2, 0.25) is 0 Å². The summed E-state index contributed by atoms with van der Waals surface area (Å²) in [5.74, 6) is 0.916. The highest BCUT2D eigenvalue weighted by atomic mass is 32.2. The summed E-state index contributed by atoms with van der Waals surface area (Å²) in [5, 5.41) is 2.17. The van der Waals surface area contributed by atoms with Gasteiger partial charge in [0.2, 0.25) is 0 Å². The van der Waals surface area contributed by atoms with Gasteiger partial charge < -0.3 is 5.32 Å². The molecular formula is C11H25N3O4S3. The minimum atomic E-state index is -3.74. The van der Waals surface area contributed by atoms with Gasteiger partial charge >= 0.3 is 0 Å². The van der Waals surface area contributed by atoms with E-state index in [1.807, 2.05) is 6.92 Å². The molecule has 0 bridgehead atoms. The maximum absolute atomic E-state index is 12.6. The molecule has 0 aliphatic carbocycles. The molecule has 0 radical (unpaired) electrons. The number of hydrogen-bond donors (Lipinski definition) is 1. The molecule has 1 saturated heterocycles. The van der Waals surface area contributed by atoms with Crippen LogP contribution < -0.4 is 5.32 Å². The van der Waals surface area contributed by atoms with Gasteiger partial charge in [0.25, 0.3) is 10.2 Å². The highest BCUT2D eigenvalue weighted by Gasteiger charge is 2.40. The zero-order chi connectivity index (χ0) is 16.1. The highest BCUT2D eigenvalue weighted by Crippen LogP contribution is 2.24. The first kappa shape index (κ1) is 19.2. The molecule has 0 saturated carbocycles. The summed E-state index contributed by atoms with van der Waals surface area (Å²) in [6.45, 7) is 4.18. The van der Waals surface area contributed by atoms with Crippen molar-refractivity contribution in [3.63, 3.8) is 0 Å². The second-order valence-corrected chi connectivity index (χ2v) is 10.3. The molecule has 1 unspecified atom stereocenters. The first-order chi connectivity index (χ1) is 9.71. The van der Waals surface area contributed by atoms with E-state index in [2.05, 4.69) is 5.32 Å². The summed E-state index contributed by atoms with van der Waals surface area (Å²) in [7, 11) is -5.67. The van der Waals surface area contributed by atoms with Gasteiger partial charge in [-0.25, -0.2) is 8.42 Å². The molecule has 7 nitrogen and oxygen atoms in total. The molecule has 1 aliphatic heterocycles. The van der Waals surface area contributed by atoms with E-state index in [-0.39, 0.29) is 6.54 Å². The van der Waals surface area contributed by atoms with Crippen LogP contribution in [0, 0.1) is 0 Å². The third kappa shape index (κ3) is 5.36. The number of sulfone groups is 1. The predicted molar refractivity (Wildman–Crippen MR) is 87.4 cm³/mol. The van der Waals surface area contributed by atoms with E-state index >= 15 is 0 Å². The summed E-state index contributed by atoms with van der Waals surface area (Å²) >= 11 is 1.47. The van der Waals surface area contributed by atoms with Crippen LogP contribution >= 0.6 is 11.8 Å². The summed E-state index contributed by atoms with van der Waals surface area (Å²) in [5.41, 5.74) is 0. The smallest absolute Gasteiger partial charge is 0.282 e. The van der Waals surface area contributed by atoms with Crippen LogP contribution in [0.4, 0.5) is 0 Å². The molecule has 1 N–H and O–H groups in total. The molecule has 0 aromatic heterocycles. The fraction of sp³-hybridized carbons (Fsp3) is 1.00. The van der Waals surface area contributed by atoms with Crippen LogP contribution in [-0.4, -0.2) is 81.8 Å². The minimum Gasteiger partial charge on any atom is -0.317 e. The lowest BCUT2D eigenvalue weighted by molar-refractivity contribution is 0.352. The van der Waals surface area contributed by atoms with Crippen LogP contribution in [0.15, 0.2) is 0 Å². The van der Waals surface area contributed by atoms with Gasteiger partial charge in [-0.3, -0.25) is 0 Å². The van der Waals surface area contributed by atoms with Gasteiger partial charge in [-0.1, -0.05) is 6.92 Å². The van der Waals surface area contributed by atoms with Crippen molar-refractivity contribution in [2.45, 2.75) is 18.7 Å². The molecule has 126 valence electrons. The van der Waals surface area contributed by atoms with E-state index < -0.39 is 25.4 Å². The van der Waals surface area contributed by atoms with Crippen molar-refractivity contribution in [1.29, 1.82) is 0 Å².